The Hall–Kier alpha value is -3.58. The molecule has 0 saturated heterocycles. The topological polar surface area (TPSA) is 76.5 Å². The Morgan fingerprint density at radius 3 is 2.70 bits per heavy atom. The predicted octanol–water partition coefficient (Wildman–Crippen LogP) is 4.36. The summed E-state index contributed by atoms with van der Waals surface area (Å²) < 4.78 is 6.42. The molecule has 0 atom stereocenters. The highest BCUT2D eigenvalue weighted by Crippen LogP contribution is 2.25. The maximum absolute atomic E-state index is 12.0. The van der Waals surface area contributed by atoms with Gasteiger partial charge in [-0.15, -0.1) is 0 Å². The molecule has 0 fully saturated rings. The minimum absolute atomic E-state index is 0.406. The van der Waals surface area contributed by atoms with E-state index in [2.05, 4.69) is 20.5 Å². The van der Waals surface area contributed by atoms with Crippen molar-refractivity contribution in [3.8, 4) is 5.75 Å². The highest BCUT2D eigenvalue weighted by Gasteiger charge is 2.08. The molecule has 0 amide bonds. The van der Waals surface area contributed by atoms with Crippen molar-refractivity contribution in [2.75, 3.05) is 5.43 Å². The van der Waals surface area contributed by atoms with Crippen LogP contribution in [0.25, 0.3) is 10.2 Å². The van der Waals surface area contributed by atoms with Gasteiger partial charge in [-0.3, -0.25) is 10.4 Å². The van der Waals surface area contributed by atoms with Crippen LogP contribution in [-0.2, 0) is 0 Å². The molecule has 0 aliphatic heterocycles. The lowest BCUT2D eigenvalue weighted by atomic mass is 10.2. The smallest absolute Gasteiger partial charge is 0.345 e. The van der Waals surface area contributed by atoms with Gasteiger partial charge in [0, 0.05) is 12.4 Å². The molecule has 0 aliphatic carbocycles. The van der Waals surface area contributed by atoms with Gasteiger partial charge in [0.15, 0.2) is 0 Å². The molecule has 4 rings (SSSR count). The number of nitrogens with one attached hydrogen (secondary N) is 1. The zero-order valence-electron chi connectivity index (χ0n) is 14.1. The van der Waals surface area contributed by atoms with Gasteiger partial charge >= 0.3 is 5.97 Å². The number of ether oxygens (including phenoxy) is 1. The maximum atomic E-state index is 12.0. The van der Waals surface area contributed by atoms with Crippen LogP contribution in [-0.4, -0.2) is 22.2 Å². The zero-order valence-corrected chi connectivity index (χ0v) is 14.9. The molecular formula is C20H14N4O2S. The van der Waals surface area contributed by atoms with Crippen molar-refractivity contribution in [1.29, 1.82) is 0 Å². The van der Waals surface area contributed by atoms with Gasteiger partial charge in [-0.1, -0.05) is 23.5 Å². The van der Waals surface area contributed by atoms with Gasteiger partial charge < -0.3 is 4.74 Å². The van der Waals surface area contributed by atoms with E-state index < -0.39 is 5.97 Å². The average Bonchev–Trinajstić information content (AvgIpc) is 3.13. The second kappa shape index (κ2) is 7.76. The van der Waals surface area contributed by atoms with Crippen LogP contribution in [0.2, 0.25) is 0 Å². The lowest BCUT2D eigenvalue weighted by Gasteiger charge is -2.04. The summed E-state index contributed by atoms with van der Waals surface area (Å²) in [5.74, 6) is 0.0159. The fraction of sp³-hybridized carbons (Fsp3) is 0. The fourth-order valence-corrected chi connectivity index (χ4v) is 3.17. The number of pyridine rings is 1. The highest BCUT2D eigenvalue weighted by molar-refractivity contribution is 7.22. The van der Waals surface area contributed by atoms with Crippen molar-refractivity contribution in [2.24, 2.45) is 5.10 Å². The van der Waals surface area contributed by atoms with Gasteiger partial charge in [0.1, 0.15) is 5.75 Å². The van der Waals surface area contributed by atoms with E-state index in [0.29, 0.717) is 11.3 Å². The van der Waals surface area contributed by atoms with Crippen molar-refractivity contribution < 1.29 is 9.53 Å². The number of anilines is 1. The first kappa shape index (κ1) is 16.9. The third-order valence-corrected chi connectivity index (χ3v) is 4.60. The third-order valence-electron chi connectivity index (χ3n) is 3.66. The van der Waals surface area contributed by atoms with E-state index in [1.54, 1.807) is 48.0 Å². The first-order valence-electron chi connectivity index (χ1n) is 8.15. The van der Waals surface area contributed by atoms with Gasteiger partial charge in [0.25, 0.3) is 0 Å². The molecule has 1 N–H and O–H groups in total. The molecule has 27 heavy (non-hydrogen) atoms. The lowest BCUT2D eigenvalue weighted by Crippen LogP contribution is -2.08. The maximum Gasteiger partial charge on any atom is 0.345 e. The minimum Gasteiger partial charge on any atom is -0.423 e. The minimum atomic E-state index is -0.443. The summed E-state index contributed by atoms with van der Waals surface area (Å²) in [7, 11) is 0. The second-order valence-corrected chi connectivity index (χ2v) is 6.59. The Kier molecular flexibility index (Phi) is 4.84. The second-order valence-electron chi connectivity index (χ2n) is 5.56. The Morgan fingerprint density at radius 1 is 1.07 bits per heavy atom. The van der Waals surface area contributed by atoms with Crippen molar-refractivity contribution in [3.05, 3.63) is 84.2 Å². The molecule has 2 heterocycles. The van der Waals surface area contributed by atoms with E-state index in [4.69, 9.17) is 4.74 Å². The molecule has 0 bridgehead atoms. The number of rotatable bonds is 5. The van der Waals surface area contributed by atoms with Crippen LogP contribution in [0.5, 0.6) is 5.75 Å². The van der Waals surface area contributed by atoms with Gasteiger partial charge in [0.05, 0.1) is 22.0 Å². The summed E-state index contributed by atoms with van der Waals surface area (Å²) >= 11 is 1.54. The number of thiazole rings is 1. The van der Waals surface area contributed by atoms with E-state index in [1.807, 2.05) is 36.4 Å². The van der Waals surface area contributed by atoms with E-state index in [1.165, 1.54) is 6.20 Å². The summed E-state index contributed by atoms with van der Waals surface area (Å²) in [6, 6.07) is 18.3. The van der Waals surface area contributed by atoms with Gasteiger partial charge in [0.2, 0.25) is 5.13 Å². The van der Waals surface area contributed by atoms with E-state index in [0.717, 1.165) is 20.9 Å². The van der Waals surface area contributed by atoms with Gasteiger partial charge in [-0.25, -0.2) is 9.78 Å². The normalized spacial score (nSPS) is 11.0. The van der Waals surface area contributed by atoms with Gasteiger partial charge in [-0.05, 0) is 54.1 Å². The number of carbonyl (C=O) groups is 1. The van der Waals surface area contributed by atoms with E-state index in [9.17, 15) is 4.79 Å². The van der Waals surface area contributed by atoms with Crippen LogP contribution in [0.4, 0.5) is 5.13 Å². The quantitative estimate of drug-likeness (QED) is 0.243. The fourth-order valence-electron chi connectivity index (χ4n) is 2.35. The predicted molar refractivity (Wildman–Crippen MR) is 106 cm³/mol. The molecule has 0 aliphatic rings. The standard InChI is InChI=1S/C20H14N4O2S/c25-19(15-4-3-11-21-13-15)26-16-9-7-14(8-10-16)12-22-24-20-23-17-5-1-2-6-18(17)27-20/h1-13H,(H,23,24)/b22-12-. The van der Waals surface area contributed by atoms with Crippen LogP contribution < -0.4 is 10.2 Å². The molecular weight excluding hydrogens is 360 g/mol. The van der Waals surface area contributed by atoms with Crippen molar-refractivity contribution >= 4 is 38.9 Å². The lowest BCUT2D eigenvalue weighted by molar-refractivity contribution is 0.0734. The summed E-state index contributed by atoms with van der Waals surface area (Å²) in [4.78, 5) is 20.4. The zero-order chi connectivity index (χ0) is 18.5. The largest absolute Gasteiger partial charge is 0.423 e. The summed E-state index contributed by atoms with van der Waals surface area (Å²) in [5, 5.41) is 4.93. The van der Waals surface area contributed by atoms with Crippen molar-refractivity contribution in [2.45, 2.75) is 0 Å². The Balaban J connectivity index is 1.37. The molecule has 0 saturated carbocycles. The summed E-state index contributed by atoms with van der Waals surface area (Å²) in [6.07, 6.45) is 4.75. The number of hydrogen-bond donors (Lipinski definition) is 1. The molecule has 0 spiro atoms. The number of benzene rings is 2. The van der Waals surface area contributed by atoms with Crippen LogP contribution in [0.3, 0.4) is 0 Å². The Morgan fingerprint density at radius 2 is 1.93 bits per heavy atom. The first-order chi connectivity index (χ1) is 13.3. The highest BCUT2D eigenvalue weighted by atomic mass is 32.1. The molecule has 2 aromatic carbocycles. The number of hydrazone groups is 1. The Labute approximate surface area is 159 Å². The summed E-state index contributed by atoms with van der Waals surface area (Å²) in [6.45, 7) is 0. The Bertz CT molecular complexity index is 1060. The van der Waals surface area contributed by atoms with Crippen LogP contribution in [0.1, 0.15) is 15.9 Å². The number of hydrogen-bond acceptors (Lipinski definition) is 7. The number of fused-ring (bicyclic) bond motifs is 1. The molecule has 132 valence electrons. The molecule has 7 heteroatoms. The number of para-hydroxylation sites is 1. The monoisotopic (exact) mass is 374 g/mol. The van der Waals surface area contributed by atoms with Crippen LogP contribution in [0.15, 0.2) is 78.2 Å². The van der Waals surface area contributed by atoms with Crippen LogP contribution >= 0.6 is 11.3 Å². The molecule has 4 aromatic rings. The molecule has 6 nitrogen and oxygen atoms in total. The summed E-state index contributed by atoms with van der Waals surface area (Å²) in [5.41, 5.74) is 5.15. The molecule has 2 aromatic heterocycles. The third kappa shape index (κ3) is 4.16. The average molecular weight is 374 g/mol. The molecule has 0 unspecified atom stereocenters. The van der Waals surface area contributed by atoms with Crippen molar-refractivity contribution in [1.82, 2.24) is 9.97 Å². The number of nitrogens with zero attached hydrogens (tertiary/aromatic N) is 3. The van der Waals surface area contributed by atoms with Gasteiger partial charge in [-0.2, -0.15) is 5.10 Å². The SMILES string of the molecule is O=C(Oc1ccc(/C=N\Nc2nc3ccccc3s2)cc1)c1cccnc1. The van der Waals surface area contributed by atoms with Crippen molar-refractivity contribution in [3.63, 3.8) is 0 Å². The number of esters is 1. The molecule has 0 radical (unpaired) electrons. The number of carbonyl (C=O) groups excluding carboxylic acids is 1. The number of aromatic nitrogens is 2. The first-order valence-corrected chi connectivity index (χ1v) is 8.96. The van der Waals surface area contributed by atoms with E-state index in [-0.39, 0.29) is 0 Å². The van der Waals surface area contributed by atoms with E-state index >= 15 is 0 Å². The van der Waals surface area contributed by atoms with Crippen LogP contribution in [0, 0.1) is 0 Å².